The summed E-state index contributed by atoms with van der Waals surface area (Å²) >= 11 is 0. The third kappa shape index (κ3) is 3.74. The lowest BCUT2D eigenvalue weighted by Crippen LogP contribution is -2.15. The second-order valence-electron chi connectivity index (χ2n) is 4.69. The maximum Gasteiger partial charge on any atom is 0.217 e. The van der Waals surface area contributed by atoms with E-state index < -0.39 is 0 Å². The first kappa shape index (κ1) is 14.4. The summed E-state index contributed by atoms with van der Waals surface area (Å²) < 4.78 is 11.0. The van der Waals surface area contributed by atoms with Crippen LogP contribution in [0, 0.1) is 0 Å². The van der Waals surface area contributed by atoms with E-state index in [0.717, 1.165) is 41.9 Å². The van der Waals surface area contributed by atoms with E-state index in [1.165, 1.54) is 0 Å². The summed E-state index contributed by atoms with van der Waals surface area (Å²) in [5.74, 6) is 1.38. The maximum absolute atomic E-state index is 10.6. The molecule has 0 bridgehead atoms. The van der Waals surface area contributed by atoms with Crippen molar-refractivity contribution in [2.24, 2.45) is 5.73 Å². The molecule has 0 aliphatic rings. The van der Waals surface area contributed by atoms with Gasteiger partial charge in [-0.25, -0.2) is 0 Å². The molecule has 0 saturated heterocycles. The summed E-state index contributed by atoms with van der Waals surface area (Å²) in [5, 5.41) is 4.32. The number of benzene rings is 1. The van der Waals surface area contributed by atoms with Crippen LogP contribution >= 0.6 is 0 Å². The zero-order chi connectivity index (χ0) is 14.4. The van der Waals surface area contributed by atoms with Crippen molar-refractivity contribution in [1.29, 1.82) is 0 Å². The number of methoxy groups -OCH3 is 1. The van der Waals surface area contributed by atoms with Gasteiger partial charge in [0.15, 0.2) is 11.3 Å². The fourth-order valence-corrected chi connectivity index (χ4v) is 2.10. The molecule has 5 heteroatoms. The molecule has 0 atom stereocenters. The van der Waals surface area contributed by atoms with Gasteiger partial charge in [-0.1, -0.05) is 12.1 Å². The number of carbonyl (C=O) groups excluding carboxylic acids is 1. The van der Waals surface area contributed by atoms with Crippen LogP contribution in [-0.4, -0.2) is 19.6 Å². The van der Waals surface area contributed by atoms with Crippen molar-refractivity contribution in [3.05, 3.63) is 30.0 Å². The third-order valence-corrected chi connectivity index (χ3v) is 3.10. The van der Waals surface area contributed by atoms with Crippen LogP contribution in [0.1, 0.15) is 25.0 Å². The van der Waals surface area contributed by atoms with Gasteiger partial charge in [-0.3, -0.25) is 4.79 Å². The summed E-state index contributed by atoms with van der Waals surface area (Å²) in [6, 6.07) is 7.83. The minimum Gasteiger partial charge on any atom is -0.493 e. The number of primary amides is 1. The molecule has 1 aromatic carbocycles. The van der Waals surface area contributed by atoms with E-state index in [0.29, 0.717) is 13.0 Å². The largest absolute Gasteiger partial charge is 0.493 e. The number of hydrogen-bond donors (Lipinski definition) is 2. The molecular formula is C15H20N2O3. The normalized spacial score (nSPS) is 10.8. The van der Waals surface area contributed by atoms with Gasteiger partial charge in [-0.05, 0) is 31.5 Å². The van der Waals surface area contributed by atoms with Crippen molar-refractivity contribution in [2.45, 2.75) is 25.8 Å². The zero-order valence-electron chi connectivity index (χ0n) is 11.6. The molecule has 3 N–H and O–H groups in total. The standard InChI is InChI=1S/C15H20N2O3/c1-19-13-6-4-5-11-9-12(20-15(11)13)10-17-8-3-2-7-14(16)18/h4-6,9,17H,2-3,7-8,10H2,1H3,(H2,16,18). The zero-order valence-corrected chi connectivity index (χ0v) is 11.6. The van der Waals surface area contributed by atoms with Gasteiger partial charge >= 0.3 is 0 Å². The fraction of sp³-hybridized carbons (Fsp3) is 0.400. The van der Waals surface area contributed by atoms with Gasteiger partial charge in [0.05, 0.1) is 13.7 Å². The van der Waals surface area contributed by atoms with Crippen molar-refractivity contribution in [3.63, 3.8) is 0 Å². The summed E-state index contributed by atoms with van der Waals surface area (Å²) in [5.41, 5.74) is 5.86. The van der Waals surface area contributed by atoms with Crippen molar-refractivity contribution in [3.8, 4) is 5.75 Å². The van der Waals surface area contributed by atoms with Crippen LogP contribution < -0.4 is 15.8 Å². The number of nitrogens with two attached hydrogens (primary N) is 1. The van der Waals surface area contributed by atoms with E-state index in [-0.39, 0.29) is 5.91 Å². The molecule has 108 valence electrons. The van der Waals surface area contributed by atoms with Crippen molar-refractivity contribution < 1.29 is 13.9 Å². The Hall–Kier alpha value is -2.01. The van der Waals surface area contributed by atoms with Gasteiger partial charge in [0.25, 0.3) is 0 Å². The molecule has 0 aliphatic carbocycles. The predicted octanol–water partition coefficient (Wildman–Crippen LogP) is 2.19. The van der Waals surface area contributed by atoms with Crippen LogP contribution in [0.2, 0.25) is 0 Å². The van der Waals surface area contributed by atoms with Crippen LogP contribution in [0.4, 0.5) is 0 Å². The average Bonchev–Trinajstić information content (AvgIpc) is 2.84. The summed E-state index contributed by atoms with van der Waals surface area (Å²) in [6.07, 6.45) is 2.19. The van der Waals surface area contributed by atoms with E-state index in [1.807, 2.05) is 24.3 Å². The number of furan rings is 1. The number of unbranched alkanes of at least 4 members (excludes halogenated alkanes) is 1. The van der Waals surface area contributed by atoms with Crippen molar-refractivity contribution in [2.75, 3.05) is 13.7 Å². The second kappa shape index (κ2) is 6.96. The van der Waals surface area contributed by atoms with Crippen LogP contribution in [-0.2, 0) is 11.3 Å². The lowest BCUT2D eigenvalue weighted by atomic mass is 10.2. The Labute approximate surface area is 118 Å². The highest BCUT2D eigenvalue weighted by atomic mass is 16.5. The summed E-state index contributed by atoms with van der Waals surface area (Å²) in [6.45, 7) is 1.50. The van der Waals surface area contributed by atoms with E-state index in [2.05, 4.69) is 5.32 Å². The van der Waals surface area contributed by atoms with E-state index >= 15 is 0 Å². The molecule has 0 fully saturated rings. The average molecular weight is 276 g/mol. The lowest BCUT2D eigenvalue weighted by molar-refractivity contribution is -0.118. The van der Waals surface area contributed by atoms with Crippen molar-refractivity contribution >= 4 is 16.9 Å². The molecule has 20 heavy (non-hydrogen) atoms. The lowest BCUT2D eigenvalue weighted by Gasteiger charge is -2.02. The number of rotatable bonds is 8. The Bertz CT molecular complexity index is 578. The van der Waals surface area contributed by atoms with Gasteiger partial charge in [0.1, 0.15) is 5.76 Å². The van der Waals surface area contributed by atoms with Crippen LogP contribution in [0.3, 0.4) is 0 Å². The number of ether oxygens (including phenoxy) is 1. The number of hydrogen-bond acceptors (Lipinski definition) is 4. The molecule has 0 spiro atoms. The first-order chi connectivity index (χ1) is 9.70. The number of para-hydroxylation sites is 1. The number of nitrogens with one attached hydrogen (secondary N) is 1. The highest BCUT2D eigenvalue weighted by Crippen LogP contribution is 2.28. The summed E-state index contributed by atoms with van der Waals surface area (Å²) in [7, 11) is 1.63. The molecule has 1 aromatic heterocycles. The number of carbonyl (C=O) groups is 1. The van der Waals surface area contributed by atoms with E-state index in [1.54, 1.807) is 7.11 Å². The molecule has 1 heterocycles. The molecule has 0 unspecified atom stereocenters. The highest BCUT2D eigenvalue weighted by molar-refractivity contribution is 5.83. The Morgan fingerprint density at radius 2 is 2.25 bits per heavy atom. The first-order valence-electron chi connectivity index (χ1n) is 6.75. The predicted molar refractivity (Wildman–Crippen MR) is 77.5 cm³/mol. The van der Waals surface area contributed by atoms with Crippen LogP contribution in [0.15, 0.2) is 28.7 Å². The molecule has 0 radical (unpaired) electrons. The highest BCUT2D eigenvalue weighted by Gasteiger charge is 2.07. The SMILES string of the molecule is COc1cccc2cc(CNCCCCC(N)=O)oc12. The monoisotopic (exact) mass is 276 g/mol. The van der Waals surface area contributed by atoms with Gasteiger partial charge in [0.2, 0.25) is 5.91 Å². The Morgan fingerprint density at radius 3 is 3.00 bits per heavy atom. The third-order valence-electron chi connectivity index (χ3n) is 3.10. The first-order valence-corrected chi connectivity index (χ1v) is 6.75. The van der Waals surface area contributed by atoms with Gasteiger partial charge in [0, 0.05) is 11.8 Å². The smallest absolute Gasteiger partial charge is 0.217 e. The Kier molecular flexibility index (Phi) is 5.01. The maximum atomic E-state index is 10.6. The van der Waals surface area contributed by atoms with Gasteiger partial charge in [-0.2, -0.15) is 0 Å². The van der Waals surface area contributed by atoms with E-state index in [9.17, 15) is 4.79 Å². The second-order valence-corrected chi connectivity index (χ2v) is 4.69. The van der Waals surface area contributed by atoms with E-state index in [4.69, 9.17) is 14.9 Å². The molecule has 0 saturated carbocycles. The molecule has 5 nitrogen and oxygen atoms in total. The molecule has 1 amide bonds. The number of fused-ring (bicyclic) bond motifs is 1. The molecule has 2 rings (SSSR count). The van der Waals surface area contributed by atoms with Crippen LogP contribution in [0.25, 0.3) is 11.0 Å². The fourth-order valence-electron chi connectivity index (χ4n) is 2.10. The Balaban J connectivity index is 1.83. The number of amides is 1. The van der Waals surface area contributed by atoms with Crippen molar-refractivity contribution in [1.82, 2.24) is 5.32 Å². The van der Waals surface area contributed by atoms with Crippen LogP contribution in [0.5, 0.6) is 5.75 Å². The quantitative estimate of drug-likeness (QED) is 0.724. The topological polar surface area (TPSA) is 77.5 Å². The molecule has 2 aromatic rings. The molecule has 0 aliphatic heterocycles. The Morgan fingerprint density at radius 1 is 1.40 bits per heavy atom. The van der Waals surface area contributed by atoms with Gasteiger partial charge in [-0.15, -0.1) is 0 Å². The summed E-state index contributed by atoms with van der Waals surface area (Å²) in [4.78, 5) is 10.6. The minimum atomic E-state index is -0.241. The minimum absolute atomic E-state index is 0.241. The molecular weight excluding hydrogens is 256 g/mol. The van der Waals surface area contributed by atoms with Gasteiger partial charge < -0.3 is 20.2 Å².